The smallest absolute Gasteiger partial charge is 0.0423 e. The molecule has 2 nitrogen and oxygen atoms in total. The Kier molecular flexibility index (Phi) is 7.60. The molecule has 0 atom stereocenters. The van der Waals surface area contributed by atoms with Crippen LogP contribution in [0.1, 0.15) is 40.2 Å². The lowest BCUT2D eigenvalue weighted by Crippen LogP contribution is -2.29. The van der Waals surface area contributed by atoms with Crippen LogP contribution in [0, 0.1) is 11.8 Å². The van der Waals surface area contributed by atoms with Gasteiger partial charge in [0.25, 0.3) is 0 Å². The highest BCUT2D eigenvalue weighted by Crippen LogP contribution is 2.26. The monoisotopic (exact) mass is 340 g/mol. The number of hydrogen-bond acceptors (Lipinski definition) is 2. The van der Waals surface area contributed by atoms with Crippen LogP contribution < -0.4 is 10.2 Å². The van der Waals surface area contributed by atoms with Gasteiger partial charge in [-0.1, -0.05) is 49.7 Å². The number of benzene rings is 1. The number of rotatable bonds is 8. The molecular weight excluding hydrogens is 312 g/mol. The van der Waals surface area contributed by atoms with E-state index in [0.29, 0.717) is 11.8 Å². The normalized spacial score (nSPS) is 11.4. The van der Waals surface area contributed by atoms with Crippen molar-refractivity contribution in [1.82, 2.24) is 5.32 Å². The standard InChI is InChI=1S/C17H29BrN2/c1-6-20(12-14(4)5)17-9-16(18)8-7-15(17)11-19-10-13(2)3/h7-9,13-14,19H,6,10-12H2,1-5H3. The third-order valence-electron chi connectivity index (χ3n) is 3.22. The van der Waals surface area contributed by atoms with Crippen molar-refractivity contribution in [3.05, 3.63) is 28.2 Å². The summed E-state index contributed by atoms with van der Waals surface area (Å²) in [5.41, 5.74) is 2.74. The van der Waals surface area contributed by atoms with E-state index in [2.05, 4.69) is 79.0 Å². The van der Waals surface area contributed by atoms with Crippen molar-refractivity contribution >= 4 is 21.6 Å². The Morgan fingerprint density at radius 3 is 2.40 bits per heavy atom. The molecule has 0 aliphatic heterocycles. The van der Waals surface area contributed by atoms with Gasteiger partial charge in [-0.3, -0.25) is 0 Å². The Morgan fingerprint density at radius 1 is 1.15 bits per heavy atom. The van der Waals surface area contributed by atoms with Gasteiger partial charge >= 0.3 is 0 Å². The number of anilines is 1. The SMILES string of the molecule is CCN(CC(C)C)c1cc(Br)ccc1CNCC(C)C. The molecular formula is C17H29BrN2. The summed E-state index contributed by atoms with van der Waals surface area (Å²) >= 11 is 3.60. The molecule has 0 heterocycles. The zero-order valence-corrected chi connectivity index (χ0v) is 15.1. The molecule has 0 fully saturated rings. The van der Waals surface area contributed by atoms with E-state index in [1.165, 1.54) is 11.3 Å². The lowest BCUT2D eigenvalue weighted by Gasteiger charge is -2.28. The molecule has 1 N–H and O–H groups in total. The van der Waals surface area contributed by atoms with Crippen molar-refractivity contribution in [3.8, 4) is 0 Å². The van der Waals surface area contributed by atoms with E-state index in [1.807, 2.05) is 0 Å². The number of halogens is 1. The number of nitrogens with zero attached hydrogens (tertiary/aromatic N) is 1. The Bertz CT molecular complexity index is 402. The van der Waals surface area contributed by atoms with Gasteiger partial charge in [0.15, 0.2) is 0 Å². The zero-order chi connectivity index (χ0) is 15.1. The van der Waals surface area contributed by atoms with Crippen LogP contribution in [-0.2, 0) is 6.54 Å². The summed E-state index contributed by atoms with van der Waals surface area (Å²) in [4.78, 5) is 2.47. The number of hydrogen-bond donors (Lipinski definition) is 1. The van der Waals surface area contributed by atoms with Crippen molar-refractivity contribution in [2.75, 3.05) is 24.5 Å². The predicted octanol–water partition coefficient (Wildman–Crippen LogP) is 4.68. The maximum Gasteiger partial charge on any atom is 0.0423 e. The molecule has 0 aliphatic carbocycles. The minimum absolute atomic E-state index is 0.672. The van der Waals surface area contributed by atoms with Crippen molar-refractivity contribution in [3.63, 3.8) is 0 Å². The van der Waals surface area contributed by atoms with Gasteiger partial charge in [-0.15, -0.1) is 0 Å². The molecule has 0 radical (unpaired) electrons. The van der Waals surface area contributed by atoms with E-state index in [-0.39, 0.29) is 0 Å². The Balaban J connectivity index is 2.87. The van der Waals surface area contributed by atoms with Crippen LogP contribution >= 0.6 is 15.9 Å². The molecule has 0 spiro atoms. The van der Waals surface area contributed by atoms with E-state index in [4.69, 9.17) is 0 Å². The van der Waals surface area contributed by atoms with Crippen LogP contribution in [0.5, 0.6) is 0 Å². The summed E-state index contributed by atoms with van der Waals surface area (Å²) in [6.07, 6.45) is 0. The highest BCUT2D eigenvalue weighted by atomic mass is 79.9. The predicted molar refractivity (Wildman–Crippen MR) is 93.4 cm³/mol. The average Bonchev–Trinajstić information content (AvgIpc) is 2.37. The fraction of sp³-hybridized carbons (Fsp3) is 0.647. The molecule has 0 aliphatic rings. The van der Waals surface area contributed by atoms with Crippen molar-refractivity contribution in [1.29, 1.82) is 0 Å². The minimum atomic E-state index is 0.672. The zero-order valence-electron chi connectivity index (χ0n) is 13.5. The third-order valence-corrected chi connectivity index (χ3v) is 3.72. The van der Waals surface area contributed by atoms with Gasteiger partial charge < -0.3 is 10.2 Å². The molecule has 0 aromatic heterocycles. The summed E-state index contributed by atoms with van der Waals surface area (Å²) in [5, 5.41) is 3.55. The first-order valence-corrected chi connectivity index (χ1v) is 8.47. The largest absolute Gasteiger partial charge is 0.371 e. The van der Waals surface area contributed by atoms with Gasteiger partial charge in [0.1, 0.15) is 0 Å². The van der Waals surface area contributed by atoms with Crippen LogP contribution in [0.15, 0.2) is 22.7 Å². The second kappa shape index (κ2) is 8.68. The quantitative estimate of drug-likeness (QED) is 0.739. The Hall–Kier alpha value is -0.540. The van der Waals surface area contributed by atoms with Crippen LogP contribution in [0.4, 0.5) is 5.69 Å². The van der Waals surface area contributed by atoms with E-state index in [0.717, 1.165) is 30.7 Å². The maximum atomic E-state index is 3.60. The van der Waals surface area contributed by atoms with Crippen LogP contribution in [0.25, 0.3) is 0 Å². The summed E-state index contributed by atoms with van der Waals surface area (Å²) in [6, 6.07) is 6.62. The molecule has 3 heteroatoms. The van der Waals surface area contributed by atoms with Crippen LogP contribution in [0.3, 0.4) is 0 Å². The van der Waals surface area contributed by atoms with Crippen molar-refractivity contribution < 1.29 is 0 Å². The molecule has 1 rings (SSSR count). The van der Waals surface area contributed by atoms with Gasteiger partial charge in [-0.2, -0.15) is 0 Å². The van der Waals surface area contributed by atoms with Gasteiger partial charge in [0.05, 0.1) is 0 Å². The first-order chi connectivity index (χ1) is 9.43. The molecule has 0 bridgehead atoms. The van der Waals surface area contributed by atoms with Gasteiger partial charge in [0.2, 0.25) is 0 Å². The molecule has 20 heavy (non-hydrogen) atoms. The Labute approximate surface area is 133 Å². The molecule has 0 amide bonds. The summed E-state index contributed by atoms with van der Waals surface area (Å²) in [6.45, 7) is 15.4. The summed E-state index contributed by atoms with van der Waals surface area (Å²) < 4.78 is 1.15. The molecule has 1 aromatic carbocycles. The first-order valence-electron chi connectivity index (χ1n) is 7.68. The first kappa shape index (κ1) is 17.5. The average molecular weight is 341 g/mol. The minimum Gasteiger partial charge on any atom is -0.371 e. The van der Waals surface area contributed by atoms with E-state index in [9.17, 15) is 0 Å². The van der Waals surface area contributed by atoms with E-state index < -0.39 is 0 Å². The van der Waals surface area contributed by atoms with E-state index >= 15 is 0 Å². The second-order valence-electron chi connectivity index (χ2n) is 6.23. The number of nitrogens with one attached hydrogen (secondary N) is 1. The third kappa shape index (κ3) is 5.84. The topological polar surface area (TPSA) is 15.3 Å². The lowest BCUT2D eigenvalue weighted by molar-refractivity contribution is 0.550. The van der Waals surface area contributed by atoms with Crippen LogP contribution in [0.2, 0.25) is 0 Å². The molecule has 114 valence electrons. The maximum absolute atomic E-state index is 3.60. The second-order valence-corrected chi connectivity index (χ2v) is 7.15. The molecule has 0 saturated heterocycles. The molecule has 1 aromatic rings. The highest BCUT2D eigenvalue weighted by Gasteiger charge is 2.12. The van der Waals surface area contributed by atoms with Crippen LogP contribution in [-0.4, -0.2) is 19.6 Å². The summed E-state index contributed by atoms with van der Waals surface area (Å²) in [5.74, 6) is 1.36. The summed E-state index contributed by atoms with van der Waals surface area (Å²) in [7, 11) is 0. The fourth-order valence-corrected chi connectivity index (χ4v) is 2.66. The van der Waals surface area contributed by atoms with Crippen molar-refractivity contribution in [2.45, 2.75) is 41.2 Å². The highest BCUT2D eigenvalue weighted by molar-refractivity contribution is 9.10. The lowest BCUT2D eigenvalue weighted by atomic mass is 10.1. The van der Waals surface area contributed by atoms with Gasteiger partial charge in [0, 0.05) is 29.8 Å². The molecule has 0 unspecified atom stereocenters. The Morgan fingerprint density at radius 2 is 1.85 bits per heavy atom. The van der Waals surface area contributed by atoms with E-state index in [1.54, 1.807) is 0 Å². The fourth-order valence-electron chi connectivity index (χ4n) is 2.31. The van der Waals surface area contributed by atoms with Gasteiger partial charge in [-0.25, -0.2) is 0 Å². The van der Waals surface area contributed by atoms with Gasteiger partial charge in [-0.05, 0) is 43.0 Å². The molecule has 0 saturated carbocycles. The van der Waals surface area contributed by atoms with Crippen molar-refractivity contribution in [2.24, 2.45) is 11.8 Å².